The molecule has 3 atom stereocenters. The van der Waals surface area contributed by atoms with Crippen LogP contribution in [0.1, 0.15) is 12.8 Å². The number of nitrogen functional groups attached to an aromatic ring is 1. The van der Waals surface area contributed by atoms with E-state index in [9.17, 15) is 8.78 Å². The van der Waals surface area contributed by atoms with Crippen LogP contribution in [0.2, 0.25) is 0 Å². The molecule has 0 spiro atoms. The minimum Gasteiger partial charge on any atom is -0.431 e. The Labute approximate surface area is 188 Å². The van der Waals surface area contributed by atoms with E-state index >= 15 is 4.39 Å². The minimum absolute atomic E-state index is 0.0144. The molecule has 1 unspecified atom stereocenters. The molecular weight excluding hydrogens is 441 g/mol. The fraction of sp³-hybridized carbons (Fsp3) is 0.571. The van der Waals surface area contributed by atoms with Crippen LogP contribution in [0.25, 0.3) is 11.3 Å². The molecule has 33 heavy (non-hydrogen) atoms. The molecule has 0 saturated carbocycles. The van der Waals surface area contributed by atoms with Gasteiger partial charge in [0.05, 0.1) is 37.6 Å². The maximum absolute atomic E-state index is 15.1. The standard InChI is InChI=1S/C21H25F3N6O3/c1-31-11-21(24)2-3-29(10-21)20-27-15(12-4-16(33-19(22)23)18(25)26-7-12)6-17(28-20)30-8-14-5-13(30)9-32-14/h4,6-7,13-14,19H,2-3,5,8-11H2,1H3,(H2,25,26)/t13-,14-,21?/m0/s1. The average Bonchev–Trinajstić information content (AvgIpc) is 3.51. The SMILES string of the molecule is COCC1(F)CCN(c2nc(-c3cnc(N)c(OC(F)F)c3)cc(N3C[C@@H]4C[C@H]3CO4)n2)C1. The van der Waals surface area contributed by atoms with Crippen molar-refractivity contribution >= 4 is 17.6 Å². The van der Waals surface area contributed by atoms with Crippen molar-refractivity contribution in [2.24, 2.45) is 0 Å². The van der Waals surface area contributed by atoms with Gasteiger partial charge in [-0.1, -0.05) is 0 Å². The van der Waals surface area contributed by atoms with Gasteiger partial charge < -0.3 is 29.7 Å². The number of rotatable bonds is 7. The normalized spacial score (nSPS) is 26.6. The van der Waals surface area contributed by atoms with Gasteiger partial charge in [-0.3, -0.25) is 0 Å². The number of ether oxygens (including phenoxy) is 3. The van der Waals surface area contributed by atoms with Crippen LogP contribution >= 0.6 is 0 Å². The number of alkyl halides is 3. The molecule has 0 amide bonds. The van der Waals surface area contributed by atoms with Crippen LogP contribution in [0.5, 0.6) is 5.75 Å². The zero-order valence-corrected chi connectivity index (χ0v) is 18.1. The first kappa shape index (κ1) is 22.0. The van der Waals surface area contributed by atoms with Crippen LogP contribution in [0, 0.1) is 0 Å². The van der Waals surface area contributed by atoms with Crippen molar-refractivity contribution in [3.8, 4) is 17.0 Å². The highest BCUT2D eigenvalue weighted by atomic mass is 19.3. The van der Waals surface area contributed by atoms with Crippen LogP contribution in [-0.4, -0.2) is 79.3 Å². The lowest BCUT2D eigenvalue weighted by atomic mass is 10.1. The Kier molecular flexibility index (Phi) is 5.65. The Morgan fingerprint density at radius 2 is 2.18 bits per heavy atom. The zero-order chi connectivity index (χ0) is 23.2. The second-order valence-corrected chi connectivity index (χ2v) is 8.65. The van der Waals surface area contributed by atoms with Gasteiger partial charge in [0, 0.05) is 44.4 Å². The van der Waals surface area contributed by atoms with Crippen LogP contribution in [0.4, 0.5) is 30.8 Å². The highest BCUT2D eigenvalue weighted by Crippen LogP contribution is 2.36. The molecule has 3 aliphatic rings. The van der Waals surface area contributed by atoms with Crippen molar-refractivity contribution in [2.75, 3.05) is 55.5 Å². The summed E-state index contributed by atoms with van der Waals surface area (Å²) < 4.78 is 55.9. The minimum atomic E-state index is -3.04. The number of pyridine rings is 1. The summed E-state index contributed by atoms with van der Waals surface area (Å²) in [5.74, 6) is 0.641. The lowest BCUT2D eigenvalue weighted by Gasteiger charge is -2.29. The Morgan fingerprint density at radius 3 is 2.88 bits per heavy atom. The predicted molar refractivity (Wildman–Crippen MR) is 114 cm³/mol. The molecule has 2 aromatic heterocycles. The second-order valence-electron chi connectivity index (χ2n) is 8.65. The first-order valence-corrected chi connectivity index (χ1v) is 10.7. The molecule has 3 fully saturated rings. The number of anilines is 3. The summed E-state index contributed by atoms with van der Waals surface area (Å²) in [6, 6.07) is 3.34. The van der Waals surface area contributed by atoms with Crippen LogP contribution in [0.3, 0.4) is 0 Å². The highest BCUT2D eigenvalue weighted by molar-refractivity contribution is 5.68. The summed E-state index contributed by atoms with van der Waals surface area (Å²) in [5, 5.41) is 0. The fourth-order valence-electron chi connectivity index (χ4n) is 4.71. The molecule has 2 bridgehead atoms. The maximum atomic E-state index is 15.1. The number of fused-ring (bicyclic) bond motifs is 2. The summed E-state index contributed by atoms with van der Waals surface area (Å²) in [7, 11) is 1.47. The van der Waals surface area contributed by atoms with Gasteiger partial charge in [-0.15, -0.1) is 0 Å². The van der Waals surface area contributed by atoms with Crippen LogP contribution in [-0.2, 0) is 9.47 Å². The van der Waals surface area contributed by atoms with E-state index in [1.54, 1.807) is 11.0 Å². The third-order valence-electron chi connectivity index (χ3n) is 6.28. The third-order valence-corrected chi connectivity index (χ3v) is 6.28. The molecule has 3 aliphatic heterocycles. The van der Waals surface area contributed by atoms with Crippen LogP contribution in [0.15, 0.2) is 18.3 Å². The predicted octanol–water partition coefficient (Wildman–Crippen LogP) is 2.26. The molecule has 3 saturated heterocycles. The number of hydrogen-bond donors (Lipinski definition) is 1. The van der Waals surface area contributed by atoms with Gasteiger partial charge in [0.2, 0.25) is 5.95 Å². The van der Waals surface area contributed by atoms with Gasteiger partial charge in [-0.25, -0.2) is 14.4 Å². The van der Waals surface area contributed by atoms with Crippen molar-refractivity contribution in [1.29, 1.82) is 0 Å². The lowest BCUT2D eigenvalue weighted by Crippen LogP contribution is -2.38. The van der Waals surface area contributed by atoms with Gasteiger partial charge >= 0.3 is 6.61 Å². The Balaban J connectivity index is 1.52. The Morgan fingerprint density at radius 1 is 1.33 bits per heavy atom. The molecule has 9 nitrogen and oxygen atoms in total. The quantitative estimate of drug-likeness (QED) is 0.659. The van der Waals surface area contributed by atoms with E-state index in [-0.39, 0.29) is 36.9 Å². The molecule has 0 aromatic carbocycles. The van der Waals surface area contributed by atoms with Crippen LogP contribution < -0.4 is 20.3 Å². The van der Waals surface area contributed by atoms with E-state index in [0.29, 0.717) is 49.1 Å². The number of hydrogen-bond acceptors (Lipinski definition) is 9. The molecule has 5 heterocycles. The number of nitrogens with zero attached hydrogens (tertiary/aromatic N) is 5. The van der Waals surface area contributed by atoms with E-state index in [1.165, 1.54) is 19.4 Å². The topological polar surface area (TPSA) is 98.9 Å². The largest absolute Gasteiger partial charge is 0.431 e. The first-order chi connectivity index (χ1) is 15.8. The lowest BCUT2D eigenvalue weighted by molar-refractivity contribution is -0.0494. The first-order valence-electron chi connectivity index (χ1n) is 10.7. The zero-order valence-electron chi connectivity index (χ0n) is 18.1. The number of halogens is 3. The van der Waals surface area contributed by atoms with Gasteiger partial charge in [-0.05, 0) is 12.5 Å². The van der Waals surface area contributed by atoms with E-state index < -0.39 is 12.3 Å². The van der Waals surface area contributed by atoms with Gasteiger partial charge in [0.1, 0.15) is 5.82 Å². The summed E-state index contributed by atoms with van der Waals surface area (Å²) in [6.45, 7) is -1.23. The molecule has 0 aliphatic carbocycles. The van der Waals surface area contributed by atoms with Crippen molar-refractivity contribution in [2.45, 2.75) is 37.3 Å². The fourth-order valence-corrected chi connectivity index (χ4v) is 4.71. The third kappa shape index (κ3) is 4.36. The molecule has 0 radical (unpaired) electrons. The Bertz CT molecular complexity index is 1030. The number of nitrogens with two attached hydrogens (primary N) is 1. The van der Waals surface area contributed by atoms with E-state index in [0.717, 1.165) is 6.42 Å². The molecule has 12 heteroatoms. The van der Waals surface area contributed by atoms with Gasteiger partial charge in [-0.2, -0.15) is 13.8 Å². The number of aromatic nitrogens is 3. The summed E-state index contributed by atoms with van der Waals surface area (Å²) in [5.41, 5.74) is 5.09. The molecule has 2 N–H and O–H groups in total. The van der Waals surface area contributed by atoms with Crippen molar-refractivity contribution in [3.05, 3.63) is 18.3 Å². The van der Waals surface area contributed by atoms with Gasteiger partial charge in [0.15, 0.2) is 17.2 Å². The second kappa shape index (κ2) is 8.49. The van der Waals surface area contributed by atoms with Crippen molar-refractivity contribution < 1.29 is 27.4 Å². The highest BCUT2D eigenvalue weighted by Gasteiger charge is 2.42. The van der Waals surface area contributed by atoms with Crippen molar-refractivity contribution in [1.82, 2.24) is 15.0 Å². The molecular formula is C21H25F3N6O3. The smallest absolute Gasteiger partial charge is 0.387 e. The van der Waals surface area contributed by atoms with E-state index in [2.05, 4.69) is 19.6 Å². The number of morpholine rings is 1. The average molecular weight is 466 g/mol. The van der Waals surface area contributed by atoms with E-state index in [4.69, 9.17) is 20.2 Å². The monoisotopic (exact) mass is 466 g/mol. The van der Waals surface area contributed by atoms with Crippen molar-refractivity contribution in [3.63, 3.8) is 0 Å². The van der Waals surface area contributed by atoms with Gasteiger partial charge in [0.25, 0.3) is 0 Å². The summed E-state index contributed by atoms with van der Waals surface area (Å²) in [4.78, 5) is 17.3. The summed E-state index contributed by atoms with van der Waals surface area (Å²) >= 11 is 0. The van der Waals surface area contributed by atoms with E-state index in [1.807, 2.05) is 0 Å². The number of methoxy groups -OCH3 is 1. The molecule has 178 valence electrons. The molecule has 2 aromatic rings. The Hall–Kier alpha value is -2.86. The maximum Gasteiger partial charge on any atom is 0.387 e. The summed E-state index contributed by atoms with van der Waals surface area (Å²) in [6.07, 6.45) is 2.79. The molecule has 5 rings (SSSR count).